The van der Waals surface area contributed by atoms with Gasteiger partial charge < -0.3 is 69.7 Å². The predicted molar refractivity (Wildman–Crippen MR) is 248 cm³/mol. The molecule has 12 amide bonds. The number of hydrogen-bond acceptors (Lipinski definition) is 13. The number of carbonyl (C=O) groups is 12. The van der Waals surface area contributed by atoms with Gasteiger partial charge in [0.1, 0.15) is 42.0 Å². The minimum atomic E-state index is -1.84. The number of benzene rings is 1. The Kier molecular flexibility index (Phi) is 23.0. The Hall–Kier alpha value is -7.34. The molecular weight excluding hydrogens is 917 g/mol. The number of phenols is 1. The first-order chi connectivity index (χ1) is 33.1. The van der Waals surface area contributed by atoms with Crippen LogP contribution >= 0.6 is 0 Å². The Morgan fingerprint density at radius 2 is 1.37 bits per heavy atom. The van der Waals surface area contributed by atoms with E-state index >= 15 is 0 Å². The third-order valence-electron chi connectivity index (χ3n) is 12.0. The average molecular weight is 985 g/mol. The lowest BCUT2D eigenvalue weighted by Crippen LogP contribution is -2.61. The van der Waals surface area contributed by atoms with Gasteiger partial charge in [0.2, 0.25) is 70.9 Å². The van der Waals surface area contributed by atoms with E-state index in [2.05, 4.69) is 42.5 Å². The molecule has 70 heavy (non-hydrogen) atoms. The summed E-state index contributed by atoms with van der Waals surface area (Å²) in [5.41, 5.74) is 16.5. The van der Waals surface area contributed by atoms with Gasteiger partial charge in [-0.3, -0.25) is 57.5 Å². The lowest BCUT2D eigenvalue weighted by atomic mass is 9.84. The molecule has 1 aromatic rings. The number of nitrogens with zero attached hydrogens (tertiary/aromatic N) is 1. The van der Waals surface area contributed by atoms with Crippen LogP contribution in [0.3, 0.4) is 0 Å². The van der Waals surface area contributed by atoms with Gasteiger partial charge in [0.25, 0.3) is 0 Å². The normalized spacial score (nSPS) is 22.2. The predicted octanol–water partition coefficient (Wildman–Crippen LogP) is -4.03. The molecule has 1 saturated carbocycles. The molecule has 0 bridgehead atoms. The molecular formula is C45H68N12O13. The number of likely N-dealkylation sites (N-methyl/N-ethyl adjacent to an activating group) is 1. The van der Waals surface area contributed by atoms with Gasteiger partial charge in [-0.25, -0.2) is 0 Å². The molecule has 25 heteroatoms. The highest BCUT2D eigenvalue weighted by Gasteiger charge is 2.36. The second kappa shape index (κ2) is 28.2. The fraction of sp³-hybridized carbons (Fsp3) is 0.600. The molecule has 0 aromatic heterocycles. The van der Waals surface area contributed by atoms with Crippen molar-refractivity contribution in [2.24, 2.45) is 29.0 Å². The number of amides is 12. The monoisotopic (exact) mass is 985 g/mol. The second-order valence-electron chi connectivity index (χ2n) is 17.8. The van der Waals surface area contributed by atoms with Gasteiger partial charge in [0, 0.05) is 39.3 Å². The van der Waals surface area contributed by atoms with Crippen LogP contribution < -0.4 is 59.7 Å². The summed E-state index contributed by atoms with van der Waals surface area (Å²) in [5, 5.41) is 29.6. The van der Waals surface area contributed by atoms with Crippen molar-refractivity contribution < 1.29 is 62.6 Å². The van der Waals surface area contributed by atoms with Gasteiger partial charge in [-0.2, -0.15) is 0 Å². The quantitative estimate of drug-likeness (QED) is 0.0668. The fourth-order valence-corrected chi connectivity index (χ4v) is 7.89. The number of nitrogens with one attached hydrogen (secondary N) is 8. The van der Waals surface area contributed by atoms with Crippen molar-refractivity contribution in [3.8, 4) is 5.75 Å². The first kappa shape index (κ1) is 57.0. The van der Waals surface area contributed by atoms with Crippen LogP contribution in [0.5, 0.6) is 5.75 Å². The second-order valence-corrected chi connectivity index (χ2v) is 17.8. The van der Waals surface area contributed by atoms with Gasteiger partial charge in [0.15, 0.2) is 0 Å². The van der Waals surface area contributed by atoms with Crippen molar-refractivity contribution in [1.82, 2.24) is 47.4 Å². The van der Waals surface area contributed by atoms with E-state index in [1.54, 1.807) is 13.8 Å². The summed E-state index contributed by atoms with van der Waals surface area (Å²) in [6.45, 7) is 1.51. The Morgan fingerprint density at radius 3 is 1.99 bits per heavy atom. The summed E-state index contributed by atoms with van der Waals surface area (Å²) in [6, 6.07) is -3.23. The van der Waals surface area contributed by atoms with Gasteiger partial charge >= 0.3 is 0 Å². The van der Waals surface area contributed by atoms with E-state index in [9.17, 15) is 62.6 Å². The third kappa shape index (κ3) is 19.7. The molecule has 1 aliphatic carbocycles. The van der Waals surface area contributed by atoms with Crippen molar-refractivity contribution >= 4 is 70.9 Å². The van der Waals surface area contributed by atoms with Crippen molar-refractivity contribution in [2.75, 3.05) is 26.7 Å². The molecule has 1 aromatic carbocycles. The van der Waals surface area contributed by atoms with E-state index < -0.39 is 165 Å². The molecule has 386 valence electrons. The maximum atomic E-state index is 14.1. The largest absolute Gasteiger partial charge is 0.508 e. The van der Waals surface area contributed by atoms with Gasteiger partial charge in [-0.1, -0.05) is 64.5 Å². The van der Waals surface area contributed by atoms with E-state index in [0.29, 0.717) is 12.0 Å². The van der Waals surface area contributed by atoms with E-state index in [1.165, 1.54) is 31.3 Å². The molecule has 0 radical (unpaired) electrons. The minimum Gasteiger partial charge on any atom is -0.508 e. The number of nitrogens with two attached hydrogens (primary N) is 3. The zero-order valence-electron chi connectivity index (χ0n) is 39.8. The summed E-state index contributed by atoms with van der Waals surface area (Å²) < 4.78 is 0. The van der Waals surface area contributed by atoms with Crippen LogP contribution in [-0.2, 0) is 64.0 Å². The van der Waals surface area contributed by atoms with Crippen molar-refractivity contribution in [3.63, 3.8) is 0 Å². The molecule has 7 atom stereocenters. The van der Waals surface area contributed by atoms with Crippen LogP contribution in [0.15, 0.2) is 24.3 Å². The fourth-order valence-electron chi connectivity index (χ4n) is 7.89. The molecule has 2 aliphatic rings. The maximum Gasteiger partial charge on any atom is 0.247 e. The molecule has 0 spiro atoms. The molecule has 0 unspecified atom stereocenters. The van der Waals surface area contributed by atoms with Crippen molar-refractivity contribution in [2.45, 2.75) is 134 Å². The molecule has 3 rings (SSSR count). The number of hydrogen-bond donors (Lipinski definition) is 12. The number of rotatable bonds is 18. The SMILES string of the molecule is CC[C@H](C)[C@@H]1NC(=O)[C@H](Cc2ccc(O)cc2)NC(=O)CCC(=O)NC[C@@H](C(=O)N(C)CC(=O)N[C@@H](CC2CCCCC2)C(=O)NCC(N)=O)NC(=O)[C@H](CC(N)=O)NC(=O)[C@H](CCC(N)=O)NC1=O. The van der Waals surface area contributed by atoms with Crippen LogP contribution in [0.25, 0.3) is 0 Å². The lowest BCUT2D eigenvalue weighted by molar-refractivity contribution is -0.140. The van der Waals surface area contributed by atoms with Gasteiger partial charge in [0.05, 0.1) is 19.5 Å². The zero-order valence-corrected chi connectivity index (χ0v) is 39.8. The van der Waals surface area contributed by atoms with Gasteiger partial charge in [-0.05, 0) is 42.4 Å². The highest BCUT2D eigenvalue weighted by Crippen LogP contribution is 2.27. The molecule has 1 aliphatic heterocycles. The van der Waals surface area contributed by atoms with Crippen LogP contribution in [0, 0.1) is 11.8 Å². The smallest absolute Gasteiger partial charge is 0.247 e. The Balaban J connectivity index is 1.99. The Bertz CT molecular complexity index is 2080. The summed E-state index contributed by atoms with van der Waals surface area (Å²) in [6.07, 6.45) is 2.19. The van der Waals surface area contributed by atoms with Crippen molar-refractivity contribution in [1.29, 1.82) is 0 Å². The van der Waals surface area contributed by atoms with E-state index in [4.69, 9.17) is 17.2 Å². The summed E-state index contributed by atoms with van der Waals surface area (Å²) in [5.74, 6) is -11.4. The Labute approximate surface area is 405 Å². The first-order valence-electron chi connectivity index (χ1n) is 23.3. The molecule has 15 N–H and O–H groups in total. The molecule has 2 fully saturated rings. The average Bonchev–Trinajstić information content (AvgIpc) is 3.30. The number of aromatic hydroxyl groups is 1. The molecule has 25 nitrogen and oxygen atoms in total. The van der Waals surface area contributed by atoms with Crippen molar-refractivity contribution in [3.05, 3.63) is 29.8 Å². The van der Waals surface area contributed by atoms with E-state index in [0.717, 1.165) is 37.0 Å². The third-order valence-corrected chi connectivity index (χ3v) is 12.0. The van der Waals surface area contributed by atoms with Crippen LogP contribution in [-0.4, -0.2) is 144 Å². The van der Waals surface area contributed by atoms with Crippen LogP contribution in [0.2, 0.25) is 0 Å². The number of phenolic OH excluding ortho intramolecular Hbond substituents is 1. The van der Waals surface area contributed by atoms with E-state index in [-0.39, 0.29) is 24.5 Å². The van der Waals surface area contributed by atoms with Crippen LogP contribution in [0.1, 0.15) is 96.5 Å². The summed E-state index contributed by atoms with van der Waals surface area (Å²) >= 11 is 0. The van der Waals surface area contributed by atoms with E-state index in [1.807, 2.05) is 0 Å². The lowest BCUT2D eigenvalue weighted by Gasteiger charge is -2.30. The zero-order chi connectivity index (χ0) is 52.1. The number of carbonyl (C=O) groups excluding carboxylic acids is 12. The standard InChI is InChI=1S/C45H68N12O13/c1-4-24(2)39-44(69)53-28(14-15-33(46)59)41(66)54-31(20-34(47)60)42(67)55-32(21-49-36(62)16-17-37(63)51-30(43(68)56-39)19-26-10-12-27(58)13-11-26)45(70)57(3)23-38(64)52-29(40(65)50-22-35(48)61)18-25-8-6-5-7-9-25/h10-13,24-25,28-32,39,58H,4-9,14-23H2,1-3H3,(H2,46,59)(H2,47,60)(H2,48,61)(H,49,62)(H,50,65)(H,51,63)(H,52,64)(H,53,69)(H,54,66)(H,55,67)(H,56,68)/t24-,28-,29-,30-,31-,32-,39-/m0/s1. The first-order valence-corrected chi connectivity index (χ1v) is 23.3. The molecule has 1 saturated heterocycles. The van der Waals surface area contributed by atoms with Gasteiger partial charge in [-0.15, -0.1) is 0 Å². The summed E-state index contributed by atoms with van der Waals surface area (Å²) in [7, 11) is 1.19. The highest BCUT2D eigenvalue weighted by molar-refractivity contribution is 5.99. The molecule has 1 heterocycles. The maximum absolute atomic E-state index is 14.1. The Morgan fingerprint density at radius 1 is 0.757 bits per heavy atom. The van der Waals surface area contributed by atoms with Crippen LogP contribution in [0.4, 0.5) is 0 Å². The topological polar surface area (TPSA) is 403 Å². The highest BCUT2D eigenvalue weighted by atomic mass is 16.3. The number of primary amides is 3. The summed E-state index contributed by atoms with van der Waals surface area (Å²) in [4.78, 5) is 160. The minimum absolute atomic E-state index is 0.0664.